The molecule has 0 aromatic heterocycles. The molecule has 0 N–H and O–H groups in total. The first-order chi connectivity index (χ1) is 6.14. The van der Waals surface area contributed by atoms with Crippen molar-refractivity contribution in [2.24, 2.45) is 5.41 Å². The summed E-state index contributed by atoms with van der Waals surface area (Å²) in [4.78, 5) is 15.6. The van der Waals surface area contributed by atoms with Crippen LogP contribution in [0.4, 0.5) is 0 Å². The van der Waals surface area contributed by atoms with E-state index < -0.39 is 0 Å². The van der Waals surface area contributed by atoms with Gasteiger partial charge in [0.15, 0.2) is 0 Å². The minimum Gasteiger partial charge on any atom is -0.345 e. The van der Waals surface area contributed by atoms with Gasteiger partial charge >= 0.3 is 0 Å². The van der Waals surface area contributed by atoms with Crippen LogP contribution in [0, 0.1) is 5.41 Å². The van der Waals surface area contributed by atoms with E-state index in [1.54, 1.807) is 0 Å². The van der Waals surface area contributed by atoms with Crippen LogP contribution in [0.2, 0.25) is 0 Å². The number of carbonyl (C=O) groups is 1. The molecule has 2 heterocycles. The molecule has 0 radical (unpaired) electrons. The molecule has 2 fully saturated rings. The monoisotopic (exact) mass is 184 g/mol. The van der Waals surface area contributed by atoms with E-state index in [0.29, 0.717) is 5.91 Å². The van der Waals surface area contributed by atoms with Gasteiger partial charge in [0.2, 0.25) is 5.91 Å². The first-order valence-electron chi connectivity index (χ1n) is 5.08. The molecule has 0 atom stereocenters. The molecule has 2 saturated heterocycles. The Morgan fingerprint density at radius 2 is 1.77 bits per heavy atom. The second-order valence-corrected chi connectivity index (χ2v) is 3.93. The van der Waals surface area contributed by atoms with Gasteiger partial charge < -0.3 is 9.80 Å². The number of nitrogens with zero attached hydrogens (tertiary/aromatic N) is 2. The Kier molecular flexibility index (Phi) is 2.96. The second kappa shape index (κ2) is 3.66. The third-order valence-corrected chi connectivity index (χ3v) is 2.87. The van der Waals surface area contributed by atoms with Crippen LogP contribution >= 0.6 is 0 Å². The van der Waals surface area contributed by atoms with Crippen LogP contribution < -0.4 is 0 Å². The van der Waals surface area contributed by atoms with Crippen LogP contribution in [-0.4, -0.2) is 49.4 Å². The van der Waals surface area contributed by atoms with E-state index in [4.69, 9.17) is 0 Å². The summed E-state index contributed by atoms with van der Waals surface area (Å²) in [7, 11) is 3.96. The van der Waals surface area contributed by atoms with E-state index in [2.05, 4.69) is 11.9 Å². The molecule has 0 unspecified atom stereocenters. The van der Waals surface area contributed by atoms with Crippen LogP contribution in [0.3, 0.4) is 0 Å². The van der Waals surface area contributed by atoms with Gasteiger partial charge in [0.1, 0.15) is 0 Å². The maximum Gasteiger partial charge on any atom is 0.231 e. The minimum absolute atomic E-state index is 0.0312. The minimum atomic E-state index is 0.0312. The molecule has 0 bridgehead atoms. The summed E-state index contributed by atoms with van der Waals surface area (Å²) in [5.74, 6) is 0.357. The molecule has 13 heavy (non-hydrogen) atoms. The molecule has 0 aliphatic carbocycles. The van der Waals surface area contributed by atoms with Gasteiger partial charge in [-0.2, -0.15) is 0 Å². The molecular weight excluding hydrogens is 164 g/mol. The Bertz CT molecular complexity index is 192. The fourth-order valence-electron chi connectivity index (χ4n) is 2.28. The highest BCUT2D eigenvalue weighted by Gasteiger charge is 2.52. The van der Waals surface area contributed by atoms with Crippen molar-refractivity contribution < 1.29 is 4.79 Å². The van der Waals surface area contributed by atoms with Crippen LogP contribution in [0.5, 0.6) is 0 Å². The fraction of sp³-hybridized carbons (Fsp3) is 0.900. The average Bonchev–Trinajstić information content (AvgIpc) is 2.37. The Labute approximate surface area is 80.7 Å². The van der Waals surface area contributed by atoms with E-state index in [1.165, 1.54) is 0 Å². The van der Waals surface area contributed by atoms with Gasteiger partial charge in [0, 0.05) is 26.7 Å². The van der Waals surface area contributed by atoms with E-state index in [1.807, 2.05) is 25.8 Å². The molecular formula is C10H20N2O. The first kappa shape index (κ1) is 10.5. The smallest absolute Gasteiger partial charge is 0.231 e. The lowest BCUT2D eigenvalue weighted by molar-refractivity contribution is -0.142. The van der Waals surface area contributed by atoms with Gasteiger partial charge in [-0.25, -0.2) is 0 Å². The standard InChI is InChI=1S/C8H14N2O.C2H6/c1-9-5-8(6-9)3-4-10(2)7(8)11;1-2/h3-6H2,1-2H3;1-2H3. The van der Waals surface area contributed by atoms with Crippen LogP contribution in [-0.2, 0) is 4.79 Å². The summed E-state index contributed by atoms with van der Waals surface area (Å²) in [5.41, 5.74) is 0.0312. The molecule has 3 nitrogen and oxygen atoms in total. The van der Waals surface area contributed by atoms with Crippen molar-refractivity contribution >= 4 is 5.91 Å². The van der Waals surface area contributed by atoms with Crippen molar-refractivity contribution in [3.8, 4) is 0 Å². The Hall–Kier alpha value is -0.570. The van der Waals surface area contributed by atoms with Gasteiger partial charge in [-0.1, -0.05) is 13.8 Å². The summed E-state index contributed by atoms with van der Waals surface area (Å²) in [5, 5.41) is 0. The summed E-state index contributed by atoms with van der Waals surface area (Å²) in [6.07, 6.45) is 1.06. The maximum atomic E-state index is 11.6. The van der Waals surface area contributed by atoms with Crippen molar-refractivity contribution in [2.75, 3.05) is 33.7 Å². The molecule has 0 saturated carbocycles. The SMILES string of the molecule is CC.CN1CC2(CCN(C)C2=O)C1. The van der Waals surface area contributed by atoms with Crippen molar-refractivity contribution in [3.05, 3.63) is 0 Å². The Morgan fingerprint density at radius 3 is 2.08 bits per heavy atom. The number of hydrogen-bond acceptors (Lipinski definition) is 2. The fourth-order valence-corrected chi connectivity index (χ4v) is 2.28. The molecule has 1 amide bonds. The van der Waals surface area contributed by atoms with Crippen LogP contribution in [0.25, 0.3) is 0 Å². The zero-order valence-corrected chi connectivity index (χ0v) is 9.13. The molecule has 0 aromatic rings. The maximum absolute atomic E-state index is 11.6. The van der Waals surface area contributed by atoms with E-state index in [-0.39, 0.29) is 5.41 Å². The molecule has 3 heteroatoms. The zero-order valence-electron chi connectivity index (χ0n) is 9.13. The van der Waals surface area contributed by atoms with Crippen molar-refractivity contribution in [1.82, 2.24) is 9.80 Å². The number of amides is 1. The Morgan fingerprint density at radius 1 is 1.23 bits per heavy atom. The lowest BCUT2D eigenvalue weighted by Crippen LogP contribution is -2.57. The summed E-state index contributed by atoms with van der Waals surface area (Å²) in [6.45, 7) is 6.89. The summed E-state index contributed by atoms with van der Waals surface area (Å²) in [6, 6.07) is 0. The van der Waals surface area contributed by atoms with E-state index in [9.17, 15) is 4.79 Å². The first-order valence-corrected chi connectivity index (χ1v) is 5.08. The summed E-state index contributed by atoms with van der Waals surface area (Å²) < 4.78 is 0. The highest BCUT2D eigenvalue weighted by molar-refractivity contribution is 5.86. The number of likely N-dealkylation sites (tertiary alicyclic amines) is 2. The molecule has 2 aliphatic heterocycles. The highest BCUT2D eigenvalue weighted by Crippen LogP contribution is 2.38. The van der Waals surface area contributed by atoms with Crippen LogP contribution in [0.1, 0.15) is 20.3 Å². The van der Waals surface area contributed by atoms with Crippen molar-refractivity contribution in [2.45, 2.75) is 20.3 Å². The summed E-state index contributed by atoms with van der Waals surface area (Å²) >= 11 is 0. The molecule has 2 rings (SSSR count). The van der Waals surface area contributed by atoms with Crippen LogP contribution in [0.15, 0.2) is 0 Å². The van der Waals surface area contributed by atoms with Gasteiger partial charge in [-0.3, -0.25) is 4.79 Å². The van der Waals surface area contributed by atoms with Gasteiger partial charge in [0.25, 0.3) is 0 Å². The van der Waals surface area contributed by atoms with E-state index in [0.717, 1.165) is 26.1 Å². The zero-order chi connectivity index (χ0) is 10.1. The second-order valence-electron chi connectivity index (χ2n) is 3.93. The third-order valence-electron chi connectivity index (χ3n) is 2.87. The number of hydrogen-bond donors (Lipinski definition) is 0. The van der Waals surface area contributed by atoms with Crippen molar-refractivity contribution in [3.63, 3.8) is 0 Å². The highest BCUT2D eigenvalue weighted by atomic mass is 16.2. The molecule has 2 aliphatic rings. The van der Waals surface area contributed by atoms with E-state index >= 15 is 0 Å². The number of rotatable bonds is 0. The topological polar surface area (TPSA) is 23.6 Å². The van der Waals surface area contributed by atoms with Gasteiger partial charge in [-0.05, 0) is 13.5 Å². The predicted octanol–water partition coefficient (Wildman–Crippen LogP) is 0.806. The lowest BCUT2D eigenvalue weighted by Gasteiger charge is -2.44. The quantitative estimate of drug-likeness (QED) is 0.556. The Balaban J connectivity index is 0.000000396. The molecule has 1 spiro atoms. The average molecular weight is 184 g/mol. The van der Waals surface area contributed by atoms with Gasteiger partial charge in [-0.15, -0.1) is 0 Å². The third kappa shape index (κ3) is 1.57. The normalized spacial score (nSPS) is 25.5. The molecule has 0 aromatic carbocycles. The molecule has 76 valence electrons. The predicted molar refractivity (Wildman–Crippen MR) is 53.5 cm³/mol. The largest absolute Gasteiger partial charge is 0.345 e. The van der Waals surface area contributed by atoms with Gasteiger partial charge in [0.05, 0.1) is 5.41 Å². The van der Waals surface area contributed by atoms with Crippen molar-refractivity contribution in [1.29, 1.82) is 0 Å². The lowest BCUT2D eigenvalue weighted by atomic mass is 9.79. The number of carbonyl (C=O) groups excluding carboxylic acids is 1.